The molecule has 0 aromatic heterocycles. The lowest BCUT2D eigenvalue weighted by molar-refractivity contribution is 0.102. The lowest BCUT2D eigenvalue weighted by Crippen LogP contribution is -2.12. The first-order chi connectivity index (χ1) is 8.95. The molecule has 0 aliphatic carbocycles. The number of aryl methyl sites for hydroxylation is 1. The van der Waals surface area contributed by atoms with E-state index in [0.29, 0.717) is 27.5 Å². The maximum Gasteiger partial charge on any atom is 0.255 e. The predicted molar refractivity (Wildman–Crippen MR) is 76.7 cm³/mol. The van der Waals surface area contributed by atoms with Crippen LogP contribution in [0.2, 0.25) is 5.02 Å². The molecule has 2 aromatic carbocycles. The number of aromatic hydroxyl groups is 1. The monoisotopic (exact) mass is 276 g/mol. The maximum atomic E-state index is 12.0. The van der Waals surface area contributed by atoms with Gasteiger partial charge >= 0.3 is 0 Å². The third-order valence-electron chi connectivity index (χ3n) is 2.64. The zero-order chi connectivity index (χ0) is 14.0. The number of nitrogen functional groups attached to an aromatic ring is 1. The van der Waals surface area contributed by atoms with Crippen LogP contribution >= 0.6 is 11.6 Å². The third kappa shape index (κ3) is 3.17. The Balaban J connectivity index is 2.22. The largest absolute Gasteiger partial charge is 0.508 e. The number of hydrogen-bond acceptors (Lipinski definition) is 3. The van der Waals surface area contributed by atoms with Crippen molar-refractivity contribution in [2.24, 2.45) is 0 Å². The van der Waals surface area contributed by atoms with Crippen LogP contribution in [-0.2, 0) is 0 Å². The van der Waals surface area contributed by atoms with Gasteiger partial charge in [-0.25, -0.2) is 0 Å². The van der Waals surface area contributed by atoms with Crippen LogP contribution in [0.1, 0.15) is 15.9 Å². The van der Waals surface area contributed by atoms with Gasteiger partial charge in [0.25, 0.3) is 5.91 Å². The second-order valence-corrected chi connectivity index (χ2v) is 4.67. The van der Waals surface area contributed by atoms with E-state index in [1.165, 1.54) is 6.07 Å². The van der Waals surface area contributed by atoms with Gasteiger partial charge in [-0.2, -0.15) is 0 Å². The van der Waals surface area contributed by atoms with Gasteiger partial charge in [0.05, 0.1) is 0 Å². The number of nitrogens with one attached hydrogen (secondary N) is 1. The summed E-state index contributed by atoms with van der Waals surface area (Å²) in [5.41, 5.74) is 7.73. The van der Waals surface area contributed by atoms with Crippen LogP contribution in [0, 0.1) is 6.92 Å². The van der Waals surface area contributed by atoms with E-state index in [2.05, 4.69) is 5.32 Å². The summed E-state index contributed by atoms with van der Waals surface area (Å²) >= 11 is 5.85. The SMILES string of the molecule is Cc1cc(NC(=O)c2cc(N)cc(Cl)c2)ccc1O. The average Bonchev–Trinajstić information content (AvgIpc) is 2.32. The van der Waals surface area contributed by atoms with E-state index in [4.69, 9.17) is 17.3 Å². The molecule has 0 bridgehead atoms. The van der Waals surface area contributed by atoms with Crippen LogP contribution in [0.5, 0.6) is 5.75 Å². The van der Waals surface area contributed by atoms with Crippen molar-refractivity contribution in [2.75, 3.05) is 11.1 Å². The number of carbonyl (C=O) groups excluding carboxylic acids is 1. The summed E-state index contributed by atoms with van der Waals surface area (Å²) in [5, 5.41) is 12.5. The van der Waals surface area contributed by atoms with E-state index >= 15 is 0 Å². The van der Waals surface area contributed by atoms with E-state index in [9.17, 15) is 9.90 Å². The summed E-state index contributed by atoms with van der Waals surface area (Å²) in [4.78, 5) is 12.0. The fourth-order valence-electron chi connectivity index (χ4n) is 1.68. The fraction of sp³-hybridized carbons (Fsp3) is 0.0714. The molecule has 0 spiro atoms. The third-order valence-corrected chi connectivity index (χ3v) is 2.86. The van der Waals surface area contributed by atoms with Crippen molar-refractivity contribution < 1.29 is 9.90 Å². The molecule has 0 unspecified atom stereocenters. The molecule has 0 aliphatic rings. The molecular weight excluding hydrogens is 264 g/mol. The van der Waals surface area contributed by atoms with Crippen LogP contribution < -0.4 is 11.1 Å². The highest BCUT2D eigenvalue weighted by Crippen LogP contribution is 2.22. The first kappa shape index (κ1) is 13.2. The molecule has 4 N–H and O–H groups in total. The molecule has 98 valence electrons. The summed E-state index contributed by atoms with van der Waals surface area (Å²) in [5.74, 6) is -0.121. The zero-order valence-electron chi connectivity index (χ0n) is 10.3. The van der Waals surface area contributed by atoms with Crippen molar-refractivity contribution in [3.63, 3.8) is 0 Å². The number of rotatable bonds is 2. The molecule has 5 heteroatoms. The standard InChI is InChI=1S/C14H13ClN2O2/c1-8-4-12(2-3-13(8)18)17-14(19)9-5-10(15)7-11(16)6-9/h2-7,18H,16H2,1H3,(H,17,19). The van der Waals surface area contributed by atoms with Gasteiger partial charge in [-0.1, -0.05) is 11.6 Å². The highest BCUT2D eigenvalue weighted by molar-refractivity contribution is 6.31. The van der Waals surface area contributed by atoms with Crippen molar-refractivity contribution in [1.82, 2.24) is 0 Å². The minimum absolute atomic E-state index is 0.185. The van der Waals surface area contributed by atoms with Crippen molar-refractivity contribution in [3.05, 3.63) is 52.5 Å². The van der Waals surface area contributed by atoms with Gasteiger partial charge in [-0.3, -0.25) is 4.79 Å². The Bertz CT molecular complexity index is 621. The lowest BCUT2D eigenvalue weighted by Gasteiger charge is -2.08. The summed E-state index contributed by atoms with van der Waals surface area (Å²) in [6.45, 7) is 1.75. The van der Waals surface area contributed by atoms with Crippen LogP contribution in [0.3, 0.4) is 0 Å². The molecule has 0 saturated carbocycles. The van der Waals surface area contributed by atoms with Crippen molar-refractivity contribution in [2.45, 2.75) is 6.92 Å². The van der Waals surface area contributed by atoms with Gasteiger partial charge in [0, 0.05) is 22.0 Å². The molecule has 0 radical (unpaired) electrons. The Labute approximate surface area is 115 Å². The van der Waals surface area contributed by atoms with Gasteiger partial charge in [0.2, 0.25) is 0 Å². The molecule has 0 atom stereocenters. The number of nitrogens with two attached hydrogens (primary N) is 1. The smallest absolute Gasteiger partial charge is 0.255 e. The highest BCUT2D eigenvalue weighted by Gasteiger charge is 2.08. The number of carbonyl (C=O) groups is 1. The number of amides is 1. The topological polar surface area (TPSA) is 75.4 Å². The van der Waals surface area contributed by atoms with Crippen LogP contribution in [0.25, 0.3) is 0 Å². The number of benzene rings is 2. The Morgan fingerprint density at radius 3 is 2.63 bits per heavy atom. The van der Waals surface area contributed by atoms with Crippen molar-refractivity contribution >= 4 is 28.9 Å². The Morgan fingerprint density at radius 2 is 2.00 bits per heavy atom. The molecule has 19 heavy (non-hydrogen) atoms. The second-order valence-electron chi connectivity index (χ2n) is 4.23. The number of phenols is 1. The number of halogens is 1. The second kappa shape index (κ2) is 5.20. The summed E-state index contributed by atoms with van der Waals surface area (Å²) in [6, 6.07) is 9.49. The Hall–Kier alpha value is -2.20. The minimum Gasteiger partial charge on any atom is -0.508 e. The van der Waals surface area contributed by atoms with E-state index in [0.717, 1.165) is 0 Å². The lowest BCUT2D eigenvalue weighted by atomic mass is 10.1. The number of anilines is 2. The molecule has 0 heterocycles. The maximum absolute atomic E-state index is 12.0. The van der Waals surface area contributed by atoms with Gasteiger partial charge in [-0.15, -0.1) is 0 Å². The van der Waals surface area contributed by atoms with E-state index < -0.39 is 0 Å². The molecule has 0 aliphatic heterocycles. The van der Waals surface area contributed by atoms with Gasteiger partial charge in [-0.05, 0) is 48.9 Å². The van der Waals surface area contributed by atoms with Crippen LogP contribution in [0.15, 0.2) is 36.4 Å². The molecule has 2 rings (SSSR count). The van der Waals surface area contributed by atoms with E-state index in [1.807, 2.05) is 0 Å². The quantitative estimate of drug-likeness (QED) is 0.582. The zero-order valence-corrected chi connectivity index (χ0v) is 11.0. The predicted octanol–water partition coefficient (Wildman–Crippen LogP) is 3.19. The van der Waals surface area contributed by atoms with E-state index in [-0.39, 0.29) is 11.7 Å². The first-order valence-corrected chi connectivity index (χ1v) is 6.00. The summed E-state index contributed by atoms with van der Waals surface area (Å²) in [6.07, 6.45) is 0. The van der Waals surface area contributed by atoms with Crippen molar-refractivity contribution in [1.29, 1.82) is 0 Å². The molecule has 0 fully saturated rings. The normalized spacial score (nSPS) is 10.2. The van der Waals surface area contributed by atoms with Gasteiger partial charge in [0.1, 0.15) is 5.75 Å². The molecule has 4 nitrogen and oxygen atoms in total. The average molecular weight is 277 g/mol. The summed E-state index contributed by atoms with van der Waals surface area (Å²) < 4.78 is 0. The Kier molecular flexibility index (Phi) is 3.62. The molecular formula is C14H13ClN2O2. The molecule has 2 aromatic rings. The summed E-state index contributed by atoms with van der Waals surface area (Å²) in [7, 11) is 0. The van der Waals surface area contributed by atoms with Crippen molar-refractivity contribution in [3.8, 4) is 5.75 Å². The number of hydrogen-bond donors (Lipinski definition) is 3. The molecule has 0 saturated heterocycles. The van der Waals surface area contributed by atoms with Gasteiger partial charge in [0.15, 0.2) is 0 Å². The van der Waals surface area contributed by atoms with Crippen LogP contribution in [-0.4, -0.2) is 11.0 Å². The minimum atomic E-state index is -0.306. The highest BCUT2D eigenvalue weighted by atomic mass is 35.5. The fourth-order valence-corrected chi connectivity index (χ4v) is 1.92. The van der Waals surface area contributed by atoms with Crippen LogP contribution in [0.4, 0.5) is 11.4 Å². The van der Waals surface area contributed by atoms with E-state index in [1.54, 1.807) is 37.3 Å². The van der Waals surface area contributed by atoms with Gasteiger partial charge < -0.3 is 16.2 Å². The number of phenolic OH excluding ortho intramolecular Hbond substituents is 1. The Morgan fingerprint density at radius 1 is 1.26 bits per heavy atom. The molecule has 1 amide bonds. The first-order valence-electron chi connectivity index (χ1n) is 5.63.